The Balaban J connectivity index is 2.82. The molecule has 0 fully saturated rings. The lowest BCUT2D eigenvalue weighted by molar-refractivity contribution is -0.141. The van der Waals surface area contributed by atoms with Crippen LogP contribution in [-0.4, -0.2) is 28.1 Å². The van der Waals surface area contributed by atoms with Crippen molar-refractivity contribution in [2.45, 2.75) is 19.4 Å². The number of nitrogens with one attached hydrogen (secondary N) is 1. The van der Waals surface area contributed by atoms with Crippen LogP contribution < -0.4 is 5.32 Å². The van der Waals surface area contributed by atoms with E-state index in [4.69, 9.17) is 5.11 Å². The Morgan fingerprint density at radius 2 is 2.12 bits per heavy atom. The van der Waals surface area contributed by atoms with E-state index in [9.17, 15) is 14.7 Å². The van der Waals surface area contributed by atoms with Gasteiger partial charge in [0, 0.05) is 13.3 Å². The van der Waals surface area contributed by atoms with Crippen molar-refractivity contribution in [3.8, 4) is 5.75 Å². The van der Waals surface area contributed by atoms with E-state index < -0.39 is 12.0 Å². The maximum atomic E-state index is 10.9. The monoisotopic (exact) mass is 349 g/mol. The van der Waals surface area contributed by atoms with Gasteiger partial charge in [-0.1, -0.05) is 6.07 Å². The van der Waals surface area contributed by atoms with E-state index in [0.29, 0.717) is 3.57 Å². The first kappa shape index (κ1) is 13.8. The standard InChI is InChI=1S/C11H12INO4/c1-6(14)13-9(11(16)17)5-7-2-3-10(15)8(12)4-7/h2-4,9,15H,5H2,1H3,(H,13,14)(H,16,17)/t9-/m0/s1. The first-order valence-electron chi connectivity index (χ1n) is 4.87. The Kier molecular flexibility index (Phi) is 4.73. The zero-order chi connectivity index (χ0) is 13.0. The van der Waals surface area contributed by atoms with E-state index in [1.54, 1.807) is 12.1 Å². The maximum Gasteiger partial charge on any atom is 0.326 e. The highest BCUT2D eigenvalue weighted by molar-refractivity contribution is 14.1. The summed E-state index contributed by atoms with van der Waals surface area (Å²) in [5.41, 5.74) is 0.744. The fourth-order valence-electron chi connectivity index (χ4n) is 1.36. The van der Waals surface area contributed by atoms with Crippen molar-refractivity contribution in [2.75, 3.05) is 0 Å². The number of amides is 1. The second kappa shape index (κ2) is 5.85. The lowest BCUT2D eigenvalue weighted by atomic mass is 10.1. The third-order valence-corrected chi connectivity index (χ3v) is 2.99. The Hall–Kier alpha value is -1.31. The van der Waals surface area contributed by atoms with Gasteiger partial charge in [0.05, 0.1) is 3.57 Å². The van der Waals surface area contributed by atoms with Crippen molar-refractivity contribution in [3.63, 3.8) is 0 Å². The minimum Gasteiger partial charge on any atom is -0.507 e. The van der Waals surface area contributed by atoms with Crippen LogP contribution in [0.25, 0.3) is 0 Å². The fraction of sp³-hybridized carbons (Fsp3) is 0.273. The van der Waals surface area contributed by atoms with Gasteiger partial charge < -0.3 is 15.5 Å². The molecule has 17 heavy (non-hydrogen) atoms. The highest BCUT2D eigenvalue weighted by atomic mass is 127. The Bertz CT molecular complexity index is 447. The summed E-state index contributed by atoms with van der Waals surface area (Å²) >= 11 is 1.95. The average Bonchev–Trinajstić information content (AvgIpc) is 2.21. The molecule has 0 aliphatic heterocycles. The number of rotatable bonds is 4. The van der Waals surface area contributed by atoms with Crippen LogP contribution in [0, 0.1) is 3.57 Å². The van der Waals surface area contributed by atoms with Crippen molar-refractivity contribution >= 4 is 34.5 Å². The molecule has 0 aliphatic rings. The van der Waals surface area contributed by atoms with Crippen molar-refractivity contribution < 1.29 is 19.8 Å². The van der Waals surface area contributed by atoms with E-state index in [1.165, 1.54) is 13.0 Å². The molecule has 0 radical (unpaired) electrons. The van der Waals surface area contributed by atoms with Crippen molar-refractivity contribution in [1.29, 1.82) is 0 Å². The van der Waals surface area contributed by atoms with E-state index >= 15 is 0 Å². The predicted octanol–water partition coefficient (Wildman–Crippen LogP) is 1.13. The van der Waals surface area contributed by atoms with Crippen LogP contribution in [0.5, 0.6) is 5.75 Å². The number of aromatic hydroxyl groups is 1. The Morgan fingerprint density at radius 3 is 2.59 bits per heavy atom. The van der Waals surface area contributed by atoms with Gasteiger partial charge in [-0.05, 0) is 40.3 Å². The number of carbonyl (C=O) groups excluding carboxylic acids is 1. The summed E-state index contributed by atoms with van der Waals surface area (Å²) in [4.78, 5) is 21.8. The van der Waals surface area contributed by atoms with Crippen LogP contribution >= 0.6 is 22.6 Å². The predicted molar refractivity (Wildman–Crippen MR) is 69.8 cm³/mol. The highest BCUT2D eigenvalue weighted by Gasteiger charge is 2.19. The number of hydrogen-bond acceptors (Lipinski definition) is 3. The third-order valence-electron chi connectivity index (χ3n) is 2.13. The minimum atomic E-state index is -1.08. The van der Waals surface area contributed by atoms with Gasteiger partial charge in [0.25, 0.3) is 0 Å². The van der Waals surface area contributed by atoms with Crippen molar-refractivity contribution in [1.82, 2.24) is 5.32 Å². The summed E-state index contributed by atoms with van der Waals surface area (Å²) < 4.78 is 0.645. The van der Waals surface area contributed by atoms with Gasteiger partial charge in [-0.15, -0.1) is 0 Å². The molecule has 0 aliphatic carbocycles. The lowest BCUT2D eigenvalue weighted by Gasteiger charge is -2.13. The minimum absolute atomic E-state index is 0.153. The molecule has 0 saturated heterocycles. The number of carboxylic acid groups (broad SMARTS) is 1. The van der Waals surface area contributed by atoms with Crippen LogP contribution in [-0.2, 0) is 16.0 Å². The molecule has 1 atom stereocenters. The molecule has 1 aromatic rings. The summed E-state index contributed by atoms with van der Waals surface area (Å²) in [6.45, 7) is 1.27. The van der Waals surface area contributed by atoms with Crippen LogP contribution in [0.2, 0.25) is 0 Å². The maximum absolute atomic E-state index is 10.9. The number of hydrogen-bond donors (Lipinski definition) is 3. The molecule has 0 aromatic heterocycles. The fourth-order valence-corrected chi connectivity index (χ4v) is 1.94. The highest BCUT2D eigenvalue weighted by Crippen LogP contribution is 2.20. The summed E-state index contributed by atoms with van der Waals surface area (Å²) in [7, 11) is 0. The van der Waals surface area contributed by atoms with Crippen molar-refractivity contribution in [2.24, 2.45) is 0 Å². The largest absolute Gasteiger partial charge is 0.507 e. The molecule has 1 aromatic carbocycles. The van der Waals surface area contributed by atoms with Crippen LogP contribution in [0.3, 0.4) is 0 Å². The van der Waals surface area contributed by atoms with Gasteiger partial charge in [0.1, 0.15) is 11.8 Å². The molecule has 1 amide bonds. The molecule has 3 N–H and O–H groups in total. The first-order chi connectivity index (χ1) is 7.90. The van der Waals surface area contributed by atoms with Crippen LogP contribution in [0.4, 0.5) is 0 Å². The molecular formula is C11H12INO4. The summed E-state index contributed by atoms with van der Waals surface area (Å²) in [5, 5.41) is 20.6. The van der Waals surface area contributed by atoms with Gasteiger partial charge in [-0.2, -0.15) is 0 Å². The van der Waals surface area contributed by atoms with Gasteiger partial charge in [0.15, 0.2) is 0 Å². The molecule has 0 unspecified atom stereocenters. The normalized spacial score (nSPS) is 11.9. The number of aliphatic carboxylic acids is 1. The number of halogens is 1. The van der Waals surface area contributed by atoms with Crippen LogP contribution in [0.15, 0.2) is 18.2 Å². The molecule has 0 bridgehead atoms. The molecule has 6 heteroatoms. The van der Waals surface area contributed by atoms with E-state index in [1.807, 2.05) is 22.6 Å². The molecule has 0 heterocycles. The van der Waals surface area contributed by atoms with Gasteiger partial charge in [0.2, 0.25) is 5.91 Å². The molecule has 1 rings (SSSR count). The van der Waals surface area contributed by atoms with Gasteiger partial charge in [-0.3, -0.25) is 4.79 Å². The Morgan fingerprint density at radius 1 is 1.47 bits per heavy atom. The average molecular weight is 349 g/mol. The number of benzene rings is 1. The zero-order valence-corrected chi connectivity index (χ0v) is 11.3. The Labute approximate surface area is 112 Å². The van der Waals surface area contributed by atoms with Gasteiger partial charge >= 0.3 is 5.97 Å². The van der Waals surface area contributed by atoms with Crippen molar-refractivity contribution in [3.05, 3.63) is 27.3 Å². The number of carboxylic acids is 1. The summed E-state index contributed by atoms with van der Waals surface area (Å²) in [6, 6.07) is 3.88. The second-order valence-corrected chi connectivity index (χ2v) is 4.74. The zero-order valence-electron chi connectivity index (χ0n) is 9.11. The molecule has 0 saturated carbocycles. The quantitative estimate of drug-likeness (QED) is 0.712. The molecule has 5 nitrogen and oxygen atoms in total. The summed E-state index contributed by atoms with van der Waals surface area (Å²) in [5.74, 6) is -1.31. The third kappa shape index (κ3) is 4.22. The first-order valence-corrected chi connectivity index (χ1v) is 5.95. The topological polar surface area (TPSA) is 86.6 Å². The van der Waals surface area contributed by atoms with Crippen LogP contribution in [0.1, 0.15) is 12.5 Å². The molecule has 92 valence electrons. The van der Waals surface area contributed by atoms with E-state index in [-0.39, 0.29) is 18.1 Å². The molecule has 0 spiro atoms. The number of phenolic OH excluding ortho intramolecular Hbond substituents is 1. The van der Waals surface area contributed by atoms with Gasteiger partial charge in [-0.25, -0.2) is 4.79 Å². The molecular weight excluding hydrogens is 337 g/mol. The SMILES string of the molecule is CC(=O)N[C@@H](Cc1ccc(O)c(I)c1)C(=O)O. The second-order valence-electron chi connectivity index (χ2n) is 3.58. The number of carbonyl (C=O) groups is 2. The smallest absolute Gasteiger partial charge is 0.326 e. The summed E-state index contributed by atoms with van der Waals surface area (Å²) in [6.07, 6.45) is 0.186. The number of phenols is 1. The lowest BCUT2D eigenvalue weighted by Crippen LogP contribution is -2.41. The van der Waals surface area contributed by atoms with E-state index in [0.717, 1.165) is 5.56 Å². The van der Waals surface area contributed by atoms with E-state index in [2.05, 4.69) is 5.32 Å².